The molecule has 0 spiro atoms. The summed E-state index contributed by atoms with van der Waals surface area (Å²) < 4.78 is 15.9. The molecule has 2 saturated heterocycles. The highest BCUT2D eigenvalue weighted by Gasteiger charge is 2.41. The number of rotatable bonds is 7. The number of carbonyl (C=O) groups excluding carboxylic acids is 2. The molecular formula is C15H24N4O7. The van der Waals surface area contributed by atoms with E-state index in [0.717, 1.165) is 0 Å². The van der Waals surface area contributed by atoms with Crippen LogP contribution in [0.2, 0.25) is 0 Å². The molecule has 2 aliphatic heterocycles. The number of amides is 1. The van der Waals surface area contributed by atoms with Crippen molar-refractivity contribution in [3.05, 3.63) is 10.4 Å². The Labute approximate surface area is 150 Å². The minimum atomic E-state index is -0.909. The summed E-state index contributed by atoms with van der Waals surface area (Å²) in [7, 11) is 0. The van der Waals surface area contributed by atoms with Crippen LogP contribution in [0.5, 0.6) is 0 Å². The average molecular weight is 372 g/mol. The average Bonchev–Trinajstić information content (AvgIpc) is 3.13. The number of aliphatic hydroxyl groups is 2. The van der Waals surface area contributed by atoms with Crippen molar-refractivity contribution in [2.24, 2.45) is 5.11 Å². The SMILES string of the molecule is CC(C)OC(=O)[C@@H]1C[C@@H](O)[C@@H](CNC(=O)[C@@H]2C[C@@H](O)[C@@H](CN=[N+]=[N-])O2)O1. The maximum absolute atomic E-state index is 12.2. The fourth-order valence-electron chi connectivity index (χ4n) is 2.87. The van der Waals surface area contributed by atoms with Gasteiger partial charge < -0.3 is 29.7 Å². The molecule has 2 aliphatic rings. The van der Waals surface area contributed by atoms with Crippen LogP contribution < -0.4 is 5.32 Å². The van der Waals surface area contributed by atoms with E-state index in [9.17, 15) is 19.8 Å². The molecule has 146 valence electrons. The Morgan fingerprint density at radius 2 is 1.85 bits per heavy atom. The number of esters is 1. The highest BCUT2D eigenvalue weighted by Crippen LogP contribution is 2.23. The number of azide groups is 1. The Morgan fingerprint density at radius 3 is 2.50 bits per heavy atom. The number of ether oxygens (including phenoxy) is 3. The zero-order valence-electron chi connectivity index (χ0n) is 14.6. The summed E-state index contributed by atoms with van der Waals surface area (Å²) in [6.45, 7) is 3.35. The molecule has 3 N–H and O–H groups in total. The lowest BCUT2D eigenvalue weighted by Crippen LogP contribution is -2.42. The summed E-state index contributed by atoms with van der Waals surface area (Å²) in [5.74, 6) is -1.02. The van der Waals surface area contributed by atoms with Gasteiger partial charge in [0.05, 0.1) is 31.0 Å². The van der Waals surface area contributed by atoms with Crippen LogP contribution in [0.25, 0.3) is 10.4 Å². The van der Waals surface area contributed by atoms with E-state index in [1.165, 1.54) is 0 Å². The van der Waals surface area contributed by atoms with Crippen LogP contribution in [0.3, 0.4) is 0 Å². The van der Waals surface area contributed by atoms with E-state index in [1.54, 1.807) is 13.8 Å². The van der Waals surface area contributed by atoms with Crippen molar-refractivity contribution < 1.29 is 34.0 Å². The first kappa shape index (κ1) is 20.4. The molecule has 0 saturated carbocycles. The maximum atomic E-state index is 12.2. The Hall–Kier alpha value is -1.91. The zero-order chi connectivity index (χ0) is 19.3. The number of hydrogen-bond acceptors (Lipinski definition) is 8. The highest BCUT2D eigenvalue weighted by molar-refractivity contribution is 5.81. The maximum Gasteiger partial charge on any atom is 0.335 e. The van der Waals surface area contributed by atoms with Gasteiger partial charge in [0.25, 0.3) is 0 Å². The first-order valence-corrected chi connectivity index (χ1v) is 8.48. The van der Waals surface area contributed by atoms with Crippen LogP contribution in [0.1, 0.15) is 26.7 Å². The monoisotopic (exact) mass is 372 g/mol. The molecule has 2 heterocycles. The van der Waals surface area contributed by atoms with Crippen LogP contribution in [0.15, 0.2) is 5.11 Å². The van der Waals surface area contributed by atoms with Crippen molar-refractivity contribution in [1.82, 2.24) is 5.32 Å². The Balaban J connectivity index is 1.79. The van der Waals surface area contributed by atoms with Crippen LogP contribution in [-0.4, -0.2) is 77.9 Å². The Kier molecular flexibility index (Phi) is 7.18. The molecule has 0 bridgehead atoms. The van der Waals surface area contributed by atoms with Crippen molar-refractivity contribution >= 4 is 11.9 Å². The normalized spacial score (nSPS) is 33.7. The Bertz CT molecular complexity index is 566. The molecule has 11 heteroatoms. The van der Waals surface area contributed by atoms with Gasteiger partial charge in [-0.05, 0) is 19.4 Å². The molecule has 11 nitrogen and oxygen atoms in total. The summed E-state index contributed by atoms with van der Waals surface area (Å²) in [6.07, 6.45) is -5.15. The molecule has 0 unspecified atom stereocenters. The zero-order valence-corrected chi connectivity index (χ0v) is 14.6. The standard InChI is InChI=1S/C15H24N4O7/c1-7(2)24-15(23)11-4-9(21)12(26-11)5-17-14(22)10-3-8(20)13(25-10)6-18-19-16/h7-13,20-21H,3-6H2,1-2H3,(H,17,22)/t8-,9-,10+,11+,12-,13-/m1/s1. The molecule has 2 rings (SSSR count). The van der Waals surface area contributed by atoms with Crippen molar-refractivity contribution in [1.29, 1.82) is 0 Å². The van der Waals surface area contributed by atoms with Crippen LogP contribution in [0.4, 0.5) is 0 Å². The van der Waals surface area contributed by atoms with E-state index < -0.39 is 48.5 Å². The lowest BCUT2D eigenvalue weighted by atomic mass is 10.1. The highest BCUT2D eigenvalue weighted by atomic mass is 16.6. The second kappa shape index (κ2) is 9.15. The molecule has 6 atom stereocenters. The number of hydrogen-bond donors (Lipinski definition) is 3. The van der Waals surface area contributed by atoms with E-state index in [2.05, 4.69) is 15.3 Å². The van der Waals surface area contributed by atoms with Gasteiger partial charge in [-0.25, -0.2) is 4.79 Å². The van der Waals surface area contributed by atoms with E-state index in [1.807, 2.05) is 0 Å². The topological polar surface area (TPSA) is 163 Å². The fraction of sp³-hybridized carbons (Fsp3) is 0.867. The third kappa shape index (κ3) is 5.29. The van der Waals surface area contributed by atoms with Gasteiger partial charge in [-0.2, -0.15) is 0 Å². The Morgan fingerprint density at radius 1 is 1.23 bits per heavy atom. The summed E-state index contributed by atoms with van der Waals surface area (Å²) >= 11 is 0. The third-order valence-electron chi connectivity index (χ3n) is 4.16. The third-order valence-corrected chi connectivity index (χ3v) is 4.16. The fourth-order valence-corrected chi connectivity index (χ4v) is 2.87. The molecule has 2 fully saturated rings. The molecule has 0 aliphatic carbocycles. The molecule has 26 heavy (non-hydrogen) atoms. The molecule has 0 aromatic carbocycles. The second-order valence-electron chi connectivity index (χ2n) is 6.58. The lowest BCUT2D eigenvalue weighted by molar-refractivity contribution is -0.160. The lowest BCUT2D eigenvalue weighted by Gasteiger charge is -2.18. The van der Waals surface area contributed by atoms with Crippen molar-refractivity contribution in [3.8, 4) is 0 Å². The van der Waals surface area contributed by atoms with Gasteiger partial charge >= 0.3 is 5.97 Å². The van der Waals surface area contributed by atoms with Crippen LogP contribution in [0, 0.1) is 0 Å². The van der Waals surface area contributed by atoms with Gasteiger partial charge in [0.1, 0.15) is 12.2 Å². The van der Waals surface area contributed by atoms with Gasteiger partial charge in [0.2, 0.25) is 5.91 Å². The van der Waals surface area contributed by atoms with Crippen molar-refractivity contribution in [2.75, 3.05) is 13.1 Å². The van der Waals surface area contributed by atoms with Gasteiger partial charge in [0, 0.05) is 24.3 Å². The summed E-state index contributed by atoms with van der Waals surface area (Å²) in [4.78, 5) is 26.6. The predicted molar refractivity (Wildman–Crippen MR) is 86.8 cm³/mol. The summed E-state index contributed by atoms with van der Waals surface area (Å²) in [5, 5.41) is 25.7. The number of nitrogens with zero attached hydrogens (tertiary/aromatic N) is 3. The minimum Gasteiger partial charge on any atom is -0.461 e. The van der Waals surface area contributed by atoms with E-state index in [4.69, 9.17) is 19.7 Å². The van der Waals surface area contributed by atoms with Gasteiger partial charge in [-0.3, -0.25) is 4.79 Å². The molecular weight excluding hydrogens is 348 g/mol. The largest absolute Gasteiger partial charge is 0.461 e. The first-order valence-electron chi connectivity index (χ1n) is 8.48. The minimum absolute atomic E-state index is 0.0115. The van der Waals surface area contributed by atoms with Gasteiger partial charge in [-0.15, -0.1) is 0 Å². The number of nitrogens with one attached hydrogen (secondary N) is 1. The smallest absolute Gasteiger partial charge is 0.335 e. The summed E-state index contributed by atoms with van der Waals surface area (Å²) in [5.41, 5.74) is 8.30. The predicted octanol–water partition coefficient (Wildman–Crippen LogP) is -0.599. The van der Waals surface area contributed by atoms with Crippen LogP contribution >= 0.6 is 0 Å². The number of carbonyl (C=O) groups is 2. The molecule has 0 aromatic rings. The van der Waals surface area contributed by atoms with Crippen LogP contribution in [-0.2, 0) is 23.8 Å². The molecule has 1 amide bonds. The van der Waals surface area contributed by atoms with E-state index in [0.29, 0.717) is 0 Å². The van der Waals surface area contributed by atoms with Crippen molar-refractivity contribution in [2.45, 2.75) is 69.4 Å². The first-order chi connectivity index (χ1) is 12.3. The quantitative estimate of drug-likeness (QED) is 0.232. The van der Waals surface area contributed by atoms with Crippen molar-refractivity contribution in [3.63, 3.8) is 0 Å². The number of aliphatic hydroxyl groups excluding tert-OH is 2. The van der Waals surface area contributed by atoms with Gasteiger partial charge in [0.15, 0.2) is 6.10 Å². The van der Waals surface area contributed by atoms with E-state index >= 15 is 0 Å². The summed E-state index contributed by atoms with van der Waals surface area (Å²) in [6, 6.07) is 0. The molecule has 0 aromatic heterocycles. The van der Waals surface area contributed by atoms with Gasteiger partial charge in [-0.1, -0.05) is 5.11 Å². The molecule has 0 radical (unpaired) electrons. The second-order valence-corrected chi connectivity index (χ2v) is 6.58. The van der Waals surface area contributed by atoms with E-state index in [-0.39, 0.29) is 32.0 Å².